The van der Waals surface area contributed by atoms with E-state index in [2.05, 4.69) is 59.8 Å². The summed E-state index contributed by atoms with van der Waals surface area (Å²) in [6.07, 6.45) is 8.67. The minimum Gasteiger partial charge on any atom is -0.379 e. The zero-order valence-corrected chi connectivity index (χ0v) is 20.4. The Morgan fingerprint density at radius 1 is 1.12 bits per heavy atom. The van der Waals surface area contributed by atoms with Crippen molar-refractivity contribution in [2.24, 2.45) is 0 Å². The molecule has 5 heteroatoms. The van der Waals surface area contributed by atoms with Crippen molar-refractivity contribution in [3.63, 3.8) is 0 Å². The number of nitrogens with zero attached hydrogens (tertiary/aromatic N) is 3. The number of benzene rings is 2. The van der Waals surface area contributed by atoms with Gasteiger partial charge in [0, 0.05) is 43.3 Å². The summed E-state index contributed by atoms with van der Waals surface area (Å²) in [6, 6.07) is 14.1. The van der Waals surface area contributed by atoms with E-state index >= 15 is 0 Å². The Bertz CT molecular complexity index is 1190. The lowest BCUT2D eigenvalue weighted by molar-refractivity contribution is -0.109. The molecule has 6 rings (SSSR count). The van der Waals surface area contributed by atoms with Gasteiger partial charge in [0.2, 0.25) is 0 Å². The van der Waals surface area contributed by atoms with Crippen LogP contribution in [0.5, 0.6) is 0 Å². The lowest BCUT2D eigenvalue weighted by atomic mass is 9.95. The number of carbonyl (C=O) groups is 1. The number of anilines is 1. The second-order valence-electron chi connectivity index (χ2n) is 10.6. The molecule has 0 spiro atoms. The maximum atomic E-state index is 12.3. The predicted molar refractivity (Wildman–Crippen MR) is 136 cm³/mol. The molecule has 3 unspecified atom stereocenters. The molecule has 3 atom stereocenters. The summed E-state index contributed by atoms with van der Waals surface area (Å²) in [4.78, 5) is 19.9. The third kappa shape index (κ3) is 3.84. The first-order chi connectivity index (χ1) is 16.6. The van der Waals surface area contributed by atoms with Crippen LogP contribution in [0.4, 0.5) is 5.69 Å². The molecule has 3 heterocycles. The van der Waals surface area contributed by atoms with Crippen LogP contribution in [-0.2, 0) is 22.4 Å². The van der Waals surface area contributed by atoms with Gasteiger partial charge in [0.1, 0.15) is 12.1 Å². The largest absolute Gasteiger partial charge is 0.379 e. The second kappa shape index (κ2) is 8.84. The smallest absolute Gasteiger partial charge is 0.127 e. The molecule has 2 aromatic carbocycles. The molecule has 3 aromatic rings. The third-order valence-corrected chi connectivity index (χ3v) is 8.35. The molecule has 5 nitrogen and oxygen atoms in total. The lowest BCUT2D eigenvalue weighted by Gasteiger charge is -2.34. The minimum atomic E-state index is -0.188. The Hall–Kier alpha value is -2.66. The SMILES string of the molecule is CC1CCc2c(ccc3c2nc(CC(C=O)c2ccc(C4CC4)cc2)n3C2CCCOC2)N1C. The van der Waals surface area contributed by atoms with Gasteiger partial charge < -0.3 is 19.0 Å². The van der Waals surface area contributed by atoms with Crippen molar-refractivity contribution in [2.45, 2.75) is 75.8 Å². The fraction of sp³-hybridized carbons (Fsp3) is 0.517. The number of hydrogen-bond donors (Lipinski definition) is 0. The molecule has 0 bridgehead atoms. The standard InChI is InChI=1S/C29H35N3O2/c1-19-5-12-25-26(31(19)2)13-14-27-29(25)30-28(32(27)24-4-3-15-34-18-24)16-23(17-33)22-10-8-21(9-11-22)20-6-7-20/h8-11,13-14,17,19-20,23-24H,3-7,12,15-16,18H2,1-2H3. The quantitative estimate of drug-likeness (QED) is 0.455. The van der Waals surface area contributed by atoms with E-state index in [0.717, 1.165) is 61.4 Å². The summed E-state index contributed by atoms with van der Waals surface area (Å²) < 4.78 is 8.29. The molecule has 1 aromatic heterocycles. The lowest BCUT2D eigenvalue weighted by Crippen LogP contribution is -2.33. The fourth-order valence-electron chi connectivity index (χ4n) is 5.97. The Morgan fingerprint density at radius 2 is 1.94 bits per heavy atom. The Labute approximate surface area is 202 Å². The number of fused-ring (bicyclic) bond motifs is 3. The molecule has 34 heavy (non-hydrogen) atoms. The van der Waals surface area contributed by atoms with Gasteiger partial charge in [-0.1, -0.05) is 24.3 Å². The van der Waals surface area contributed by atoms with Gasteiger partial charge >= 0.3 is 0 Å². The Balaban J connectivity index is 1.41. The highest BCUT2D eigenvalue weighted by molar-refractivity contribution is 5.86. The van der Waals surface area contributed by atoms with E-state index in [4.69, 9.17) is 9.72 Å². The summed E-state index contributed by atoms with van der Waals surface area (Å²) >= 11 is 0. The zero-order chi connectivity index (χ0) is 23.2. The number of carbonyl (C=O) groups excluding carboxylic acids is 1. The van der Waals surface area contributed by atoms with Crippen molar-refractivity contribution in [3.8, 4) is 0 Å². The van der Waals surface area contributed by atoms with E-state index < -0.39 is 0 Å². The molecule has 0 amide bonds. The van der Waals surface area contributed by atoms with Gasteiger partial charge in [-0.15, -0.1) is 0 Å². The maximum absolute atomic E-state index is 12.3. The molecule has 3 aliphatic rings. The molecule has 0 radical (unpaired) electrons. The zero-order valence-electron chi connectivity index (χ0n) is 20.4. The highest BCUT2D eigenvalue weighted by Gasteiger charge is 2.29. The van der Waals surface area contributed by atoms with E-state index in [-0.39, 0.29) is 12.0 Å². The van der Waals surface area contributed by atoms with Crippen LogP contribution in [0.1, 0.15) is 79.4 Å². The van der Waals surface area contributed by atoms with Gasteiger partial charge in [-0.2, -0.15) is 0 Å². The van der Waals surface area contributed by atoms with E-state index in [9.17, 15) is 4.79 Å². The van der Waals surface area contributed by atoms with Gasteiger partial charge in [0.05, 0.1) is 23.7 Å². The fourth-order valence-corrected chi connectivity index (χ4v) is 5.97. The van der Waals surface area contributed by atoms with Gasteiger partial charge in [0.15, 0.2) is 0 Å². The average molecular weight is 458 g/mol. The molecule has 2 fully saturated rings. The number of rotatable bonds is 6. The van der Waals surface area contributed by atoms with E-state index in [1.165, 1.54) is 35.2 Å². The first-order valence-electron chi connectivity index (χ1n) is 13.0. The van der Waals surface area contributed by atoms with E-state index in [1.54, 1.807) is 0 Å². The van der Waals surface area contributed by atoms with Crippen molar-refractivity contribution in [1.82, 2.24) is 9.55 Å². The van der Waals surface area contributed by atoms with Crippen LogP contribution in [0.2, 0.25) is 0 Å². The monoisotopic (exact) mass is 457 g/mol. The first kappa shape index (κ1) is 21.8. The van der Waals surface area contributed by atoms with Gasteiger partial charge in [-0.3, -0.25) is 0 Å². The molecular weight excluding hydrogens is 422 g/mol. The van der Waals surface area contributed by atoms with E-state index in [0.29, 0.717) is 19.1 Å². The molecule has 1 saturated carbocycles. The van der Waals surface area contributed by atoms with Crippen LogP contribution in [-0.4, -0.2) is 42.1 Å². The number of aryl methyl sites for hydroxylation is 1. The highest BCUT2D eigenvalue weighted by atomic mass is 16.5. The average Bonchev–Trinajstić information content (AvgIpc) is 3.66. The van der Waals surface area contributed by atoms with Crippen LogP contribution in [0.3, 0.4) is 0 Å². The van der Waals surface area contributed by atoms with Crippen molar-refractivity contribution in [2.75, 3.05) is 25.2 Å². The highest BCUT2D eigenvalue weighted by Crippen LogP contribution is 2.41. The number of imidazole rings is 1. The van der Waals surface area contributed by atoms with E-state index in [1.807, 2.05) is 0 Å². The molecule has 1 saturated heterocycles. The normalized spacial score (nSPS) is 23.6. The molecule has 178 valence electrons. The topological polar surface area (TPSA) is 47.4 Å². The van der Waals surface area contributed by atoms with Gasteiger partial charge in [-0.25, -0.2) is 4.98 Å². The van der Waals surface area contributed by atoms with Crippen LogP contribution in [0, 0.1) is 0 Å². The molecular formula is C29H35N3O2. The van der Waals surface area contributed by atoms with Crippen LogP contribution < -0.4 is 4.90 Å². The number of hydrogen-bond acceptors (Lipinski definition) is 4. The van der Waals surface area contributed by atoms with Crippen molar-refractivity contribution >= 4 is 23.0 Å². The minimum absolute atomic E-state index is 0.188. The number of aldehydes is 1. The summed E-state index contributed by atoms with van der Waals surface area (Å²) in [5.74, 6) is 1.56. The summed E-state index contributed by atoms with van der Waals surface area (Å²) in [5.41, 5.74) is 7.46. The molecule has 2 aliphatic heterocycles. The second-order valence-corrected chi connectivity index (χ2v) is 10.6. The van der Waals surface area contributed by atoms with Gasteiger partial charge in [0.25, 0.3) is 0 Å². The Morgan fingerprint density at radius 3 is 2.65 bits per heavy atom. The first-order valence-corrected chi connectivity index (χ1v) is 13.0. The number of ether oxygens (including phenoxy) is 1. The molecule has 1 aliphatic carbocycles. The predicted octanol–water partition coefficient (Wildman–Crippen LogP) is 5.56. The third-order valence-electron chi connectivity index (χ3n) is 8.35. The van der Waals surface area contributed by atoms with Crippen LogP contribution in [0.25, 0.3) is 11.0 Å². The Kier molecular flexibility index (Phi) is 5.68. The van der Waals surface area contributed by atoms with Crippen LogP contribution in [0.15, 0.2) is 36.4 Å². The summed E-state index contributed by atoms with van der Waals surface area (Å²) in [7, 11) is 2.19. The van der Waals surface area contributed by atoms with Crippen LogP contribution >= 0.6 is 0 Å². The maximum Gasteiger partial charge on any atom is 0.127 e. The van der Waals surface area contributed by atoms with Crippen molar-refractivity contribution in [3.05, 3.63) is 58.9 Å². The van der Waals surface area contributed by atoms with Crippen molar-refractivity contribution < 1.29 is 9.53 Å². The summed E-state index contributed by atoms with van der Waals surface area (Å²) in [5, 5.41) is 0. The molecule has 0 N–H and O–H groups in total. The van der Waals surface area contributed by atoms with Crippen molar-refractivity contribution in [1.29, 1.82) is 0 Å². The summed E-state index contributed by atoms with van der Waals surface area (Å²) in [6.45, 7) is 3.84. The number of aromatic nitrogens is 2. The van der Waals surface area contributed by atoms with Gasteiger partial charge in [-0.05, 0) is 74.6 Å².